The first-order chi connectivity index (χ1) is 13.6. The number of hydrogen-bond acceptors (Lipinski definition) is 3. The molecule has 0 aromatic carbocycles. The maximum Gasteiger partial charge on any atom is 0.261 e. The third-order valence-electron chi connectivity index (χ3n) is 7.05. The molecule has 2 fully saturated rings. The quantitative estimate of drug-likeness (QED) is 0.847. The van der Waals surface area contributed by atoms with E-state index in [9.17, 15) is 9.59 Å². The van der Waals surface area contributed by atoms with Crippen LogP contribution in [0.4, 0.5) is 0 Å². The van der Waals surface area contributed by atoms with Crippen LogP contribution in [0.2, 0.25) is 0 Å². The molecule has 6 nitrogen and oxygen atoms in total. The van der Waals surface area contributed by atoms with Crippen LogP contribution in [0.15, 0.2) is 39.7 Å². The first kappa shape index (κ1) is 17.7. The van der Waals surface area contributed by atoms with Crippen LogP contribution in [0.1, 0.15) is 37.8 Å². The molecule has 1 N–H and O–H groups in total. The van der Waals surface area contributed by atoms with Crippen LogP contribution in [0.25, 0.3) is 11.3 Å². The maximum absolute atomic E-state index is 13.1. The van der Waals surface area contributed by atoms with Crippen molar-refractivity contribution in [3.05, 3.63) is 46.6 Å². The van der Waals surface area contributed by atoms with E-state index in [4.69, 9.17) is 4.42 Å². The first-order valence-electron chi connectivity index (χ1n) is 10.5. The van der Waals surface area contributed by atoms with Crippen LogP contribution in [0.3, 0.4) is 0 Å². The van der Waals surface area contributed by atoms with Crippen LogP contribution in [-0.2, 0) is 11.3 Å². The monoisotopic (exact) mass is 382 g/mol. The second kappa shape index (κ2) is 6.92. The predicted molar refractivity (Wildman–Crippen MR) is 105 cm³/mol. The van der Waals surface area contributed by atoms with Gasteiger partial charge in [0.1, 0.15) is 5.76 Å². The molecule has 3 aliphatic rings. The lowest BCUT2D eigenvalue weighted by Crippen LogP contribution is -3.18. The van der Waals surface area contributed by atoms with E-state index in [1.165, 1.54) is 12.1 Å². The zero-order chi connectivity index (χ0) is 19.3. The van der Waals surface area contributed by atoms with Gasteiger partial charge in [0.15, 0.2) is 0 Å². The summed E-state index contributed by atoms with van der Waals surface area (Å²) in [4.78, 5) is 28.3. The molecule has 5 rings (SSSR count). The van der Waals surface area contributed by atoms with Crippen molar-refractivity contribution in [1.82, 2.24) is 9.47 Å². The number of aromatic nitrogens is 1. The number of quaternary nitrogens is 1. The van der Waals surface area contributed by atoms with Gasteiger partial charge in [-0.3, -0.25) is 9.59 Å². The SMILES string of the molecule is CC(=O)N1CCC([NH+]2C[C@@H]3C[C@H](C2)c2ccc(-c4ccco4)c(=O)n2C3)CC1. The van der Waals surface area contributed by atoms with Gasteiger partial charge in [0.25, 0.3) is 5.56 Å². The van der Waals surface area contributed by atoms with E-state index in [-0.39, 0.29) is 11.5 Å². The minimum absolute atomic E-state index is 0.0837. The Bertz CT molecular complexity index is 925. The van der Waals surface area contributed by atoms with Crippen molar-refractivity contribution in [3.63, 3.8) is 0 Å². The van der Waals surface area contributed by atoms with Crippen molar-refractivity contribution in [2.45, 2.75) is 44.7 Å². The maximum atomic E-state index is 13.1. The fourth-order valence-corrected chi connectivity index (χ4v) is 5.65. The number of nitrogens with zero attached hydrogens (tertiary/aromatic N) is 2. The molecule has 0 spiro atoms. The molecule has 0 radical (unpaired) electrons. The number of pyridine rings is 1. The molecule has 0 aliphatic carbocycles. The lowest BCUT2D eigenvalue weighted by atomic mass is 9.81. The molecule has 2 aromatic rings. The van der Waals surface area contributed by atoms with Gasteiger partial charge in [0.05, 0.1) is 31.0 Å². The Hall–Kier alpha value is -2.34. The van der Waals surface area contributed by atoms with E-state index in [1.54, 1.807) is 18.1 Å². The van der Waals surface area contributed by atoms with E-state index in [1.807, 2.05) is 27.7 Å². The summed E-state index contributed by atoms with van der Waals surface area (Å²) < 4.78 is 7.47. The number of amides is 1. The largest absolute Gasteiger partial charge is 0.464 e. The number of carbonyl (C=O) groups excluding carboxylic acids is 1. The second-order valence-corrected chi connectivity index (χ2v) is 8.71. The summed E-state index contributed by atoms with van der Waals surface area (Å²) in [6.45, 7) is 6.50. The highest BCUT2D eigenvalue weighted by Crippen LogP contribution is 2.32. The number of fused-ring (bicyclic) bond motifs is 4. The molecule has 2 saturated heterocycles. The third kappa shape index (κ3) is 3.00. The molecule has 2 aromatic heterocycles. The number of nitrogens with one attached hydrogen (secondary N) is 1. The van der Waals surface area contributed by atoms with Gasteiger partial charge in [-0.1, -0.05) is 0 Å². The fraction of sp³-hybridized carbons (Fsp3) is 0.545. The molecule has 2 bridgehead atoms. The van der Waals surface area contributed by atoms with Crippen molar-refractivity contribution < 1.29 is 14.1 Å². The smallest absolute Gasteiger partial charge is 0.261 e. The molecule has 0 saturated carbocycles. The molecule has 3 atom stereocenters. The van der Waals surface area contributed by atoms with E-state index in [0.29, 0.717) is 29.2 Å². The molecular weight excluding hydrogens is 354 g/mol. The lowest BCUT2D eigenvalue weighted by molar-refractivity contribution is -0.937. The summed E-state index contributed by atoms with van der Waals surface area (Å²) in [6, 6.07) is 8.40. The zero-order valence-electron chi connectivity index (χ0n) is 16.4. The van der Waals surface area contributed by atoms with Crippen LogP contribution in [0.5, 0.6) is 0 Å². The topological polar surface area (TPSA) is 59.9 Å². The van der Waals surface area contributed by atoms with Crippen molar-refractivity contribution in [2.24, 2.45) is 5.92 Å². The number of likely N-dealkylation sites (tertiary alicyclic amines) is 2. The summed E-state index contributed by atoms with van der Waals surface area (Å²) >= 11 is 0. The van der Waals surface area contributed by atoms with Gasteiger partial charge in [-0.25, -0.2) is 0 Å². The second-order valence-electron chi connectivity index (χ2n) is 8.71. The van der Waals surface area contributed by atoms with Crippen molar-refractivity contribution in [3.8, 4) is 11.3 Å². The van der Waals surface area contributed by atoms with Crippen LogP contribution >= 0.6 is 0 Å². The van der Waals surface area contributed by atoms with Crippen molar-refractivity contribution in [1.29, 1.82) is 0 Å². The van der Waals surface area contributed by atoms with Gasteiger partial charge >= 0.3 is 0 Å². The number of furan rings is 1. The normalized spacial score (nSPS) is 27.5. The summed E-state index contributed by atoms with van der Waals surface area (Å²) in [5.74, 6) is 1.86. The number of hydrogen-bond donors (Lipinski definition) is 1. The molecule has 28 heavy (non-hydrogen) atoms. The average molecular weight is 382 g/mol. The summed E-state index contributed by atoms with van der Waals surface area (Å²) in [7, 11) is 0. The van der Waals surface area contributed by atoms with E-state index < -0.39 is 0 Å². The molecular formula is C22H28N3O3+. The summed E-state index contributed by atoms with van der Waals surface area (Å²) in [5.41, 5.74) is 1.94. The first-order valence-corrected chi connectivity index (χ1v) is 10.5. The van der Waals surface area contributed by atoms with Gasteiger partial charge < -0.3 is 18.8 Å². The predicted octanol–water partition coefficient (Wildman–Crippen LogP) is 1.12. The lowest BCUT2D eigenvalue weighted by Gasteiger charge is -2.45. The highest BCUT2D eigenvalue weighted by atomic mass is 16.3. The standard InChI is InChI=1S/C22H27N3O3/c1-15(26)23-8-6-18(7-9-23)24-12-16-11-17(14-24)20-5-4-19(21-3-2-10-28-21)22(27)25(20)13-16/h2-5,10,16-18H,6-9,11-14H2,1H3/p+1/t16-,17+/m0/s1. The van der Waals surface area contributed by atoms with Gasteiger partial charge in [-0.2, -0.15) is 0 Å². The van der Waals surface area contributed by atoms with E-state index >= 15 is 0 Å². The van der Waals surface area contributed by atoms with Crippen molar-refractivity contribution >= 4 is 5.91 Å². The summed E-state index contributed by atoms with van der Waals surface area (Å²) in [6.07, 6.45) is 5.00. The molecule has 1 amide bonds. The van der Waals surface area contributed by atoms with E-state index in [0.717, 1.165) is 45.6 Å². The molecule has 148 valence electrons. The average Bonchev–Trinajstić information content (AvgIpc) is 3.23. The molecule has 6 heteroatoms. The number of rotatable bonds is 2. The Morgan fingerprint density at radius 1 is 1.18 bits per heavy atom. The van der Waals surface area contributed by atoms with Gasteiger partial charge in [0, 0.05) is 56.9 Å². The summed E-state index contributed by atoms with van der Waals surface area (Å²) in [5, 5.41) is 0. The van der Waals surface area contributed by atoms with Crippen LogP contribution in [0, 0.1) is 5.92 Å². The Labute approximate surface area is 164 Å². The minimum atomic E-state index is 0.0837. The zero-order valence-corrected chi connectivity index (χ0v) is 16.4. The Balaban J connectivity index is 1.37. The molecule has 1 unspecified atom stereocenters. The van der Waals surface area contributed by atoms with Crippen molar-refractivity contribution in [2.75, 3.05) is 26.2 Å². The molecule has 5 heterocycles. The van der Waals surface area contributed by atoms with Crippen LogP contribution < -0.4 is 10.5 Å². The molecule has 3 aliphatic heterocycles. The van der Waals surface area contributed by atoms with Crippen LogP contribution in [-0.4, -0.2) is 47.6 Å². The Kier molecular flexibility index (Phi) is 4.38. The third-order valence-corrected chi connectivity index (χ3v) is 7.05. The highest BCUT2D eigenvalue weighted by Gasteiger charge is 2.41. The fourth-order valence-electron chi connectivity index (χ4n) is 5.65. The number of piperidine rings is 2. The highest BCUT2D eigenvalue weighted by molar-refractivity contribution is 5.73. The van der Waals surface area contributed by atoms with Gasteiger partial charge in [-0.15, -0.1) is 0 Å². The Morgan fingerprint density at radius 3 is 2.71 bits per heavy atom. The Morgan fingerprint density at radius 2 is 2.00 bits per heavy atom. The van der Waals surface area contributed by atoms with Gasteiger partial charge in [-0.05, 0) is 30.7 Å². The van der Waals surface area contributed by atoms with Gasteiger partial charge in [0.2, 0.25) is 5.91 Å². The van der Waals surface area contributed by atoms with E-state index in [2.05, 4.69) is 6.07 Å². The number of carbonyl (C=O) groups is 1. The minimum Gasteiger partial charge on any atom is -0.464 e.